The van der Waals surface area contributed by atoms with Crippen LogP contribution in [0.1, 0.15) is 50.2 Å². The summed E-state index contributed by atoms with van der Waals surface area (Å²) in [4.78, 5) is 35.5. The summed E-state index contributed by atoms with van der Waals surface area (Å²) in [5.74, 6) is -1.29. The molecule has 0 saturated carbocycles. The molecule has 1 amide bonds. The van der Waals surface area contributed by atoms with Gasteiger partial charge in [-0.2, -0.15) is 0 Å². The highest BCUT2D eigenvalue weighted by molar-refractivity contribution is 5.91. The zero-order valence-corrected chi connectivity index (χ0v) is 15.8. The van der Waals surface area contributed by atoms with E-state index >= 15 is 0 Å². The molecule has 3 rings (SSSR count). The fourth-order valence-electron chi connectivity index (χ4n) is 3.20. The maximum atomic E-state index is 12.2. The molecule has 0 fully saturated rings. The molecule has 0 unspecified atom stereocenters. The van der Waals surface area contributed by atoms with Gasteiger partial charge in [-0.05, 0) is 66.6 Å². The summed E-state index contributed by atoms with van der Waals surface area (Å²) >= 11 is 0. The van der Waals surface area contributed by atoms with Crippen LogP contribution in [0, 0.1) is 0 Å². The van der Waals surface area contributed by atoms with Crippen molar-refractivity contribution in [2.45, 2.75) is 32.2 Å². The van der Waals surface area contributed by atoms with E-state index in [4.69, 9.17) is 4.74 Å². The van der Waals surface area contributed by atoms with Gasteiger partial charge in [-0.1, -0.05) is 18.2 Å². The smallest absolute Gasteiger partial charge is 0.338 e. The molecule has 0 radical (unpaired) electrons. The Bertz CT molecular complexity index is 873. The second kappa shape index (κ2) is 9.17. The average molecular weight is 381 g/mol. The maximum Gasteiger partial charge on any atom is 0.338 e. The third kappa shape index (κ3) is 4.97. The van der Waals surface area contributed by atoms with E-state index in [1.54, 1.807) is 30.3 Å². The molecule has 0 aromatic heterocycles. The minimum Gasteiger partial charge on any atom is -0.465 e. The summed E-state index contributed by atoms with van der Waals surface area (Å²) in [7, 11) is 1.32. The van der Waals surface area contributed by atoms with Crippen molar-refractivity contribution in [3.05, 3.63) is 70.3 Å². The molecule has 0 heterocycles. The minimum atomic E-state index is -0.494. The van der Waals surface area contributed by atoms with Gasteiger partial charge in [0, 0.05) is 6.54 Å². The van der Waals surface area contributed by atoms with Crippen LogP contribution < -0.4 is 5.32 Å². The summed E-state index contributed by atoms with van der Waals surface area (Å²) in [5, 5.41) is 2.69. The number of benzene rings is 2. The molecule has 1 N–H and O–H groups in total. The highest BCUT2D eigenvalue weighted by atomic mass is 16.5. The molecule has 1 aliphatic carbocycles. The quantitative estimate of drug-likeness (QED) is 0.778. The number of ether oxygens (including phenoxy) is 2. The molecule has 0 saturated heterocycles. The number of amides is 1. The molecular formula is C22H23NO5. The number of hydrogen-bond donors (Lipinski definition) is 1. The predicted molar refractivity (Wildman–Crippen MR) is 103 cm³/mol. The molecule has 0 bridgehead atoms. The Morgan fingerprint density at radius 2 is 1.57 bits per heavy atom. The van der Waals surface area contributed by atoms with Gasteiger partial charge in [0.25, 0.3) is 5.91 Å². The van der Waals surface area contributed by atoms with Crippen LogP contribution >= 0.6 is 0 Å². The molecular weight excluding hydrogens is 358 g/mol. The van der Waals surface area contributed by atoms with Gasteiger partial charge in [0.05, 0.1) is 18.2 Å². The first-order chi connectivity index (χ1) is 13.6. The molecule has 0 aliphatic heterocycles. The molecule has 2 aromatic carbocycles. The second-order valence-electron chi connectivity index (χ2n) is 6.73. The fourth-order valence-corrected chi connectivity index (χ4v) is 3.20. The first-order valence-electron chi connectivity index (χ1n) is 9.29. The number of esters is 2. The Morgan fingerprint density at radius 3 is 2.29 bits per heavy atom. The van der Waals surface area contributed by atoms with Gasteiger partial charge in [0.1, 0.15) is 0 Å². The first kappa shape index (κ1) is 19.6. The van der Waals surface area contributed by atoms with Gasteiger partial charge in [0.15, 0.2) is 6.61 Å². The summed E-state index contributed by atoms with van der Waals surface area (Å²) in [5.41, 5.74) is 4.23. The Labute approximate surface area is 163 Å². The van der Waals surface area contributed by atoms with Crippen LogP contribution in [0.3, 0.4) is 0 Å². The third-order valence-electron chi connectivity index (χ3n) is 4.78. The standard InChI is InChI=1S/C22H23NO5/c1-27-21(25)17-8-6-15(7-9-17)13-23-20(24)14-28-22(26)19-11-10-16-4-2-3-5-18(16)12-19/h6-12H,2-5,13-14H2,1H3,(H,23,24). The van der Waals surface area contributed by atoms with Crippen molar-refractivity contribution in [2.75, 3.05) is 13.7 Å². The van der Waals surface area contributed by atoms with E-state index in [0.717, 1.165) is 24.8 Å². The van der Waals surface area contributed by atoms with E-state index in [-0.39, 0.29) is 19.1 Å². The van der Waals surface area contributed by atoms with Crippen LogP contribution in [0.25, 0.3) is 0 Å². The number of aryl methyl sites for hydroxylation is 2. The number of rotatable bonds is 6. The third-order valence-corrected chi connectivity index (χ3v) is 4.78. The predicted octanol–water partition coefficient (Wildman–Crippen LogP) is 2.83. The Balaban J connectivity index is 1.46. The Morgan fingerprint density at radius 1 is 0.893 bits per heavy atom. The Hall–Kier alpha value is -3.15. The SMILES string of the molecule is COC(=O)c1ccc(CNC(=O)COC(=O)c2ccc3c(c2)CCCC3)cc1. The van der Waals surface area contributed by atoms with Crippen molar-refractivity contribution in [3.8, 4) is 0 Å². The van der Waals surface area contributed by atoms with Gasteiger partial charge in [-0.15, -0.1) is 0 Å². The highest BCUT2D eigenvalue weighted by Gasteiger charge is 2.15. The normalized spacial score (nSPS) is 12.6. The van der Waals surface area contributed by atoms with Gasteiger partial charge < -0.3 is 14.8 Å². The maximum absolute atomic E-state index is 12.2. The van der Waals surface area contributed by atoms with Crippen LogP contribution in [0.2, 0.25) is 0 Å². The first-order valence-corrected chi connectivity index (χ1v) is 9.29. The van der Waals surface area contributed by atoms with Crippen molar-refractivity contribution >= 4 is 17.8 Å². The van der Waals surface area contributed by atoms with Crippen LogP contribution in [0.15, 0.2) is 42.5 Å². The van der Waals surface area contributed by atoms with Crippen LogP contribution in [-0.2, 0) is 33.7 Å². The van der Waals surface area contributed by atoms with E-state index in [1.165, 1.54) is 24.7 Å². The molecule has 146 valence electrons. The van der Waals surface area contributed by atoms with Crippen LogP contribution in [-0.4, -0.2) is 31.6 Å². The van der Waals surface area contributed by atoms with E-state index in [0.29, 0.717) is 11.1 Å². The van der Waals surface area contributed by atoms with Crippen molar-refractivity contribution in [2.24, 2.45) is 0 Å². The molecule has 2 aromatic rings. The zero-order valence-electron chi connectivity index (χ0n) is 15.8. The molecule has 6 heteroatoms. The van der Waals surface area contributed by atoms with E-state index < -0.39 is 11.9 Å². The lowest BCUT2D eigenvalue weighted by Crippen LogP contribution is -2.28. The lowest BCUT2D eigenvalue weighted by Gasteiger charge is -2.16. The van der Waals surface area contributed by atoms with Crippen LogP contribution in [0.5, 0.6) is 0 Å². The summed E-state index contributed by atoms with van der Waals surface area (Å²) in [6, 6.07) is 12.3. The second-order valence-corrected chi connectivity index (χ2v) is 6.73. The van der Waals surface area contributed by atoms with Crippen LogP contribution in [0.4, 0.5) is 0 Å². The van der Waals surface area contributed by atoms with Crippen molar-refractivity contribution in [3.63, 3.8) is 0 Å². The van der Waals surface area contributed by atoms with E-state index in [9.17, 15) is 14.4 Å². The fraction of sp³-hybridized carbons (Fsp3) is 0.318. The van der Waals surface area contributed by atoms with E-state index in [2.05, 4.69) is 10.1 Å². The van der Waals surface area contributed by atoms with Crippen molar-refractivity contribution < 1.29 is 23.9 Å². The van der Waals surface area contributed by atoms with Gasteiger partial charge in [-0.25, -0.2) is 9.59 Å². The highest BCUT2D eigenvalue weighted by Crippen LogP contribution is 2.22. The number of hydrogen-bond acceptors (Lipinski definition) is 5. The van der Waals surface area contributed by atoms with Crippen molar-refractivity contribution in [1.82, 2.24) is 5.32 Å². The average Bonchev–Trinajstić information content (AvgIpc) is 2.75. The topological polar surface area (TPSA) is 81.7 Å². The van der Waals surface area contributed by atoms with Gasteiger partial charge in [-0.3, -0.25) is 4.79 Å². The molecule has 1 aliphatic rings. The largest absolute Gasteiger partial charge is 0.465 e. The van der Waals surface area contributed by atoms with Gasteiger partial charge >= 0.3 is 11.9 Å². The Kier molecular flexibility index (Phi) is 6.42. The monoisotopic (exact) mass is 381 g/mol. The number of nitrogens with one attached hydrogen (secondary N) is 1. The number of carbonyl (C=O) groups excluding carboxylic acids is 3. The van der Waals surface area contributed by atoms with Gasteiger partial charge in [0.2, 0.25) is 0 Å². The summed E-state index contributed by atoms with van der Waals surface area (Å²) in [6.07, 6.45) is 4.34. The molecule has 0 atom stereocenters. The lowest BCUT2D eigenvalue weighted by molar-refractivity contribution is -0.124. The minimum absolute atomic E-state index is 0.274. The zero-order chi connectivity index (χ0) is 19.9. The molecule has 28 heavy (non-hydrogen) atoms. The number of methoxy groups -OCH3 is 1. The summed E-state index contributed by atoms with van der Waals surface area (Å²) < 4.78 is 9.76. The summed E-state index contributed by atoms with van der Waals surface area (Å²) in [6.45, 7) is -0.0627. The lowest BCUT2D eigenvalue weighted by atomic mass is 9.90. The number of carbonyl (C=O) groups is 3. The van der Waals surface area contributed by atoms with E-state index in [1.807, 2.05) is 12.1 Å². The molecule has 0 spiro atoms. The van der Waals surface area contributed by atoms with Crippen molar-refractivity contribution in [1.29, 1.82) is 0 Å². The molecule has 6 nitrogen and oxygen atoms in total. The number of fused-ring (bicyclic) bond motifs is 1.